The molecular weight excluding hydrogens is 380 g/mol. The van der Waals surface area contributed by atoms with E-state index in [1.54, 1.807) is 6.07 Å². The number of carbonyl (C=O) groups excluding carboxylic acids is 1. The molecule has 1 amide bonds. The average molecular weight is 406 g/mol. The summed E-state index contributed by atoms with van der Waals surface area (Å²) >= 11 is 0. The molecule has 0 bridgehead atoms. The van der Waals surface area contributed by atoms with Gasteiger partial charge < -0.3 is 5.32 Å². The van der Waals surface area contributed by atoms with Crippen LogP contribution < -0.4 is 16.6 Å². The molecule has 2 heterocycles. The molecule has 0 saturated heterocycles. The molecule has 0 unspecified atom stereocenters. The van der Waals surface area contributed by atoms with E-state index >= 15 is 0 Å². The number of anilines is 1. The molecule has 0 radical (unpaired) electrons. The van der Waals surface area contributed by atoms with Gasteiger partial charge in [0.15, 0.2) is 5.65 Å². The summed E-state index contributed by atoms with van der Waals surface area (Å²) in [6.45, 7) is 4.32. The van der Waals surface area contributed by atoms with Crippen LogP contribution in [0.3, 0.4) is 0 Å². The summed E-state index contributed by atoms with van der Waals surface area (Å²) in [5.41, 5.74) is 2.08. The summed E-state index contributed by atoms with van der Waals surface area (Å²) in [4.78, 5) is 44.9. The number of H-pyrrole nitrogens is 1. The highest BCUT2D eigenvalue weighted by Crippen LogP contribution is 2.40. The van der Waals surface area contributed by atoms with Crippen LogP contribution in [0.4, 0.5) is 5.69 Å². The largest absolute Gasteiger partial charge is 0.329 e. The van der Waals surface area contributed by atoms with Gasteiger partial charge in [0.1, 0.15) is 0 Å². The fourth-order valence-electron chi connectivity index (χ4n) is 3.69. The van der Waals surface area contributed by atoms with Gasteiger partial charge in [-0.3, -0.25) is 19.1 Å². The lowest BCUT2D eigenvalue weighted by Gasteiger charge is -2.13. The molecular formula is C23H26N4O3. The summed E-state index contributed by atoms with van der Waals surface area (Å²) in [5.74, 6) is -0.101. The average Bonchev–Trinajstić information content (AvgIpc) is 3.58. The molecule has 7 nitrogen and oxygen atoms in total. The van der Waals surface area contributed by atoms with Gasteiger partial charge in [-0.25, -0.2) is 9.78 Å². The van der Waals surface area contributed by atoms with Crippen LogP contribution in [0.1, 0.15) is 67.1 Å². The fraction of sp³-hybridized carbons (Fsp3) is 0.391. The summed E-state index contributed by atoms with van der Waals surface area (Å²) < 4.78 is 1.40. The quantitative estimate of drug-likeness (QED) is 0.627. The van der Waals surface area contributed by atoms with Crippen molar-refractivity contribution in [2.24, 2.45) is 0 Å². The lowest BCUT2D eigenvalue weighted by Crippen LogP contribution is -2.32. The number of benzene rings is 1. The van der Waals surface area contributed by atoms with Gasteiger partial charge in [0.2, 0.25) is 0 Å². The molecule has 4 rings (SSSR count). The zero-order chi connectivity index (χ0) is 21.3. The first-order chi connectivity index (χ1) is 14.5. The number of carbonyl (C=O) groups is 1. The van der Waals surface area contributed by atoms with E-state index in [1.165, 1.54) is 10.1 Å². The van der Waals surface area contributed by atoms with Crippen LogP contribution in [0.2, 0.25) is 0 Å². The van der Waals surface area contributed by atoms with E-state index in [-0.39, 0.29) is 28.4 Å². The van der Waals surface area contributed by atoms with Crippen LogP contribution in [0.5, 0.6) is 0 Å². The van der Waals surface area contributed by atoms with Crippen molar-refractivity contribution in [3.63, 3.8) is 0 Å². The van der Waals surface area contributed by atoms with Gasteiger partial charge in [0, 0.05) is 23.8 Å². The summed E-state index contributed by atoms with van der Waals surface area (Å²) in [6.07, 6.45) is 5.26. The lowest BCUT2D eigenvalue weighted by atomic mass is 10.1. The molecule has 3 aromatic rings. The van der Waals surface area contributed by atoms with Crippen LogP contribution in [0.15, 0.2) is 39.9 Å². The standard InChI is InChI=1S/C23H26N4O3/c1-3-5-6-14-7-11-16(12-8-14)24-21(28)17-13-18(15-9-10-15)25-20-19(17)22(29)26-23(30)27(20)4-2/h7-8,11-13,15H,3-6,9-10H2,1-2H3,(H,24,28)(H,26,29,30). The van der Waals surface area contributed by atoms with Gasteiger partial charge in [0.25, 0.3) is 11.5 Å². The summed E-state index contributed by atoms with van der Waals surface area (Å²) in [5, 5.41) is 3.04. The fourth-order valence-corrected chi connectivity index (χ4v) is 3.69. The van der Waals surface area contributed by atoms with Gasteiger partial charge >= 0.3 is 5.69 Å². The molecule has 1 aliphatic rings. The minimum absolute atomic E-state index is 0.151. The van der Waals surface area contributed by atoms with Gasteiger partial charge in [-0.1, -0.05) is 25.5 Å². The van der Waals surface area contributed by atoms with Crippen LogP contribution >= 0.6 is 0 Å². The third-order valence-electron chi connectivity index (χ3n) is 5.56. The zero-order valence-electron chi connectivity index (χ0n) is 17.3. The highest BCUT2D eigenvalue weighted by atomic mass is 16.2. The number of fused-ring (bicyclic) bond motifs is 1. The highest BCUT2D eigenvalue weighted by Gasteiger charge is 2.28. The summed E-state index contributed by atoms with van der Waals surface area (Å²) in [7, 11) is 0. The third-order valence-corrected chi connectivity index (χ3v) is 5.56. The van der Waals surface area contributed by atoms with E-state index in [9.17, 15) is 14.4 Å². The van der Waals surface area contributed by atoms with Crippen molar-refractivity contribution in [2.45, 2.75) is 58.4 Å². The molecule has 2 aromatic heterocycles. The Morgan fingerprint density at radius 2 is 1.93 bits per heavy atom. The van der Waals surface area contributed by atoms with Crippen molar-refractivity contribution in [3.05, 3.63) is 68.0 Å². The number of aromatic amines is 1. The first-order valence-electron chi connectivity index (χ1n) is 10.6. The maximum Gasteiger partial charge on any atom is 0.329 e. The number of unbranched alkanes of at least 4 members (excludes halogenated alkanes) is 1. The molecule has 30 heavy (non-hydrogen) atoms. The first-order valence-corrected chi connectivity index (χ1v) is 10.6. The number of pyridine rings is 1. The van der Waals surface area contributed by atoms with Gasteiger partial charge in [-0.15, -0.1) is 0 Å². The maximum atomic E-state index is 13.1. The zero-order valence-corrected chi connectivity index (χ0v) is 17.3. The van der Waals surface area contributed by atoms with Crippen LogP contribution in [0.25, 0.3) is 11.0 Å². The van der Waals surface area contributed by atoms with Crippen LogP contribution in [-0.2, 0) is 13.0 Å². The van der Waals surface area contributed by atoms with E-state index < -0.39 is 11.2 Å². The Kier molecular flexibility index (Phi) is 5.53. The normalized spacial score (nSPS) is 13.5. The van der Waals surface area contributed by atoms with Crippen molar-refractivity contribution >= 4 is 22.6 Å². The van der Waals surface area contributed by atoms with E-state index in [2.05, 4.69) is 22.2 Å². The van der Waals surface area contributed by atoms with Gasteiger partial charge in [0.05, 0.1) is 10.9 Å². The van der Waals surface area contributed by atoms with Crippen molar-refractivity contribution in [1.82, 2.24) is 14.5 Å². The Balaban J connectivity index is 1.74. The predicted molar refractivity (Wildman–Crippen MR) is 117 cm³/mol. The van der Waals surface area contributed by atoms with E-state index in [0.717, 1.165) is 37.8 Å². The molecule has 0 aliphatic heterocycles. The predicted octanol–water partition coefficient (Wildman–Crippen LogP) is 3.58. The number of hydrogen-bond acceptors (Lipinski definition) is 4. The Morgan fingerprint density at radius 3 is 2.57 bits per heavy atom. The minimum Gasteiger partial charge on any atom is -0.322 e. The number of aryl methyl sites for hydroxylation is 2. The second-order valence-electron chi connectivity index (χ2n) is 7.83. The van der Waals surface area contributed by atoms with E-state index in [0.29, 0.717) is 12.2 Å². The molecule has 2 N–H and O–H groups in total. The van der Waals surface area contributed by atoms with Crippen molar-refractivity contribution in [2.75, 3.05) is 5.32 Å². The second-order valence-corrected chi connectivity index (χ2v) is 7.83. The van der Waals surface area contributed by atoms with Crippen LogP contribution in [0, 0.1) is 0 Å². The number of amides is 1. The Morgan fingerprint density at radius 1 is 1.20 bits per heavy atom. The molecule has 0 spiro atoms. The number of nitrogens with one attached hydrogen (secondary N) is 2. The number of hydrogen-bond donors (Lipinski definition) is 2. The molecule has 1 saturated carbocycles. The third kappa shape index (κ3) is 3.92. The topological polar surface area (TPSA) is 96.8 Å². The lowest BCUT2D eigenvalue weighted by molar-refractivity contribution is 0.102. The molecule has 1 aromatic carbocycles. The van der Waals surface area contributed by atoms with Gasteiger partial charge in [-0.2, -0.15) is 0 Å². The monoisotopic (exact) mass is 406 g/mol. The Hall–Kier alpha value is -3.22. The molecule has 156 valence electrons. The Bertz CT molecular complexity index is 1200. The van der Waals surface area contributed by atoms with E-state index in [4.69, 9.17) is 0 Å². The van der Waals surface area contributed by atoms with Crippen LogP contribution in [-0.4, -0.2) is 20.4 Å². The van der Waals surface area contributed by atoms with E-state index in [1.807, 2.05) is 31.2 Å². The number of aromatic nitrogens is 3. The van der Waals surface area contributed by atoms with Crippen molar-refractivity contribution < 1.29 is 4.79 Å². The molecule has 7 heteroatoms. The first kappa shape index (κ1) is 20.1. The maximum absolute atomic E-state index is 13.1. The smallest absolute Gasteiger partial charge is 0.322 e. The SMILES string of the molecule is CCCCc1ccc(NC(=O)c2cc(C3CC3)nc3c2c(=O)[nH]c(=O)n3CC)cc1. The number of rotatable bonds is 7. The Labute approximate surface area is 174 Å². The summed E-state index contributed by atoms with van der Waals surface area (Å²) in [6, 6.07) is 9.46. The second kappa shape index (κ2) is 8.26. The highest BCUT2D eigenvalue weighted by molar-refractivity contribution is 6.11. The minimum atomic E-state index is -0.588. The van der Waals surface area contributed by atoms with Crippen molar-refractivity contribution in [1.29, 1.82) is 0 Å². The number of nitrogens with zero attached hydrogens (tertiary/aromatic N) is 2. The van der Waals surface area contributed by atoms with Crippen molar-refractivity contribution in [3.8, 4) is 0 Å². The van der Waals surface area contributed by atoms with Gasteiger partial charge in [-0.05, 0) is 56.4 Å². The molecule has 0 atom stereocenters. The molecule has 1 aliphatic carbocycles. The molecule has 1 fully saturated rings.